The van der Waals surface area contributed by atoms with Gasteiger partial charge in [-0.3, -0.25) is 9.59 Å². The van der Waals surface area contributed by atoms with Gasteiger partial charge in [-0.2, -0.15) is 0 Å². The normalized spacial score (nSPS) is 20.0. The number of sulfone groups is 1. The molecule has 2 N–H and O–H groups in total. The molecular weight excluding hydrogens is 339 g/mol. The van der Waals surface area contributed by atoms with E-state index in [1.807, 2.05) is 0 Å². The molecule has 0 bridgehead atoms. The van der Waals surface area contributed by atoms with Crippen LogP contribution in [0, 0.1) is 0 Å². The Hall–Kier alpha value is -1.31. The van der Waals surface area contributed by atoms with E-state index < -0.39 is 27.7 Å². The molecule has 1 aromatic carbocycles. The zero-order valence-corrected chi connectivity index (χ0v) is 13.1. The number of anilines is 1. The maximum absolute atomic E-state index is 11.8. The van der Waals surface area contributed by atoms with Gasteiger partial charge in [0.05, 0.1) is 27.2 Å². The molecule has 1 aliphatic rings. The summed E-state index contributed by atoms with van der Waals surface area (Å²) < 4.78 is 22.6. The summed E-state index contributed by atoms with van der Waals surface area (Å²) in [6.45, 7) is 0. The van der Waals surface area contributed by atoms with Gasteiger partial charge in [-0.1, -0.05) is 29.3 Å². The average Bonchev–Trinajstić information content (AvgIpc) is 2.74. The van der Waals surface area contributed by atoms with E-state index in [0.717, 1.165) is 0 Å². The molecule has 1 heterocycles. The molecule has 1 aliphatic heterocycles. The molecule has 1 aromatic rings. The second-order valence-electron chi connectivity index (χ2n) is 4.63. The van der Waals surface area contributed by atoms with Crippen LogP contribution in [0.3, 0.4) is 0 Å². The molecule has 1 atom stereocenters. The Bertz CT molecular complexity index is 690. The molecule has 2 amide bonds. The third kappa shape index (κ3) is 4.09. The highest BCUT2D eigenvalue weighted by molar-refractivity contribution is 7.91. The van der Waals surface area contributed by atoms with Crippen molar-refractivity contribution in [2.45, 2.75) is 12.5 Å². The minimum Gasteiger partial charge on any atom is -0.344 e. The van der Waals surface area contributed by atoms with Crippen molar-refractivity contribution in [2.75, 3.05) is 16.8 Å². The predicted molar refractivity (Wildman–Crippen MR) is 80.3 cm³/mol. The molecule has 1 fully saturated rings. The molecule has 114 valence electrons. The van der Waals surface area contributed by atoms with Crippen LogP contribution in [0.5, 0.6) is 0 Å². The number of amides is 2. The molecule has 9 heteroatoms. The number of benzene rings is 1. The Labute approximate surface area is 131 Å². The number of carbonyl (C=O) groups excluding carboxylic acids is 2. The molecule has 0 saturated carbocycles. The highest BCUT2D eigenvalue weighted by atomic mass is 35.5. The van der Waals surface area contributed by atoms with Gasteiger partial charge in [-0.25, -0.2) is 8.42 Å². The number of hydrogen-bond acceptors (Lipinski definition) is 4. The van der Waals surface area contributed by atoms with Gasteiger partial charge in [0, 0.05) is 6.04 Å². The van der Waals surface area contributed by atoms with Crippen molar-refractivity contribution >= 4 is 50.5 Å². The van der Waals surface area contributed by atoms with E-state index in [4.69, 9.17) is 23.2 Å². The summed E-state index contributed by atoms with van der Waals surface area (Å²) in [5.41, 5.74) is 0.211. The lowest BCUT2D eigenvalue weighted by Crippen LogP contribution is -2.42. The minimum absolute atomic E-state index is 0.0136. The lowest BCUT2D eigenvalue weighted by atomic mass is 10.2. The Morgan fingerprint density at radius 2 is 1.90 bits per heavy atom. The lowest BCUT2D eigenvalue weighted by molar-refractivity contribution is -0.136. The Morgan fingerprint density at radius 3 is 2.52 bits per heavy atom. The molecule has 6 nitrogen and oxygen atoms in total. The van der Waals surface area contributed by atoms with Crippen molar-refractivity contribution in [3.8, 4) is 0 Å². The first-order chi connectivity index (χ1) is 9.78. The van der Waals surface area contributed by atoms with Crippen LogP contribution in [0.15, 0.2) is 18.2 Å². The van der Waals surface area contributed by atoms with E-state index in [2.05, 4.69) is 10.6 Å². The van der Waals surface area contributed by atoms with Gasteiger partial charge in [0.2, 0.25) is 0 Å². The Morgan fingerprint density at radius 1 is 1.19 bits per heavy atom. The van der Waals surface area contributed by atoms with E-state index in [-0.39, 0.29) is 27.2 Å². The first-order valence-corrected chi connectivity index (χ1v) is 8.62. The van der Waals surface area contributed by atoms with Crippen LogP contribution < -0.4 is 10.6 Å². The van der Waals surface area contributed by atoms with E-state index in [0.29, 0.717) is 6.42 Å². The second-order valence-corrected chi connectivity index (χ2v) is 7.64. The van der Waals surface area contributed by atoms with Crippen molar-refractivity contribution in [2.24, 2.45) is 0 Å². The first-order valence-electron chi connectivity index (χ1n) is 6.05. The molecule has 21 heavy (non-hydrogen) atoms. The quantitative estimate of drug-likeness (QED) is 0.784. The molecule has 0 radical (unpaired) electrons. The summed E-state index contributed by atoms with van der Waals surface area (Å²) in [6, 6.07) is 4.08. The standard InChI is InChI=1S/C12H12Cl2N2O4S/c13-8-2-1-3-9(10(8)14)16-12(18)11(17)15-7-4-5-21(19,20)6-7/h1-3,7H,4-6H2,(H,15,17)(H,16,18). The third-order valence-corrected chi connectivity index (χ3v) is 5.56. The van der Waals surface area contributed by atoms with E-state index >= 15 is 0 Å². The topological polar surface area (TPSA) is 92.3 Å². The summed E-state index contributed by atoms with van der Waals surface area (Å²) in [6.07, 6.45) is 0.305. The van der Waals surface area contributed by atoms with Gasteiger partial charge >= 0.3 is 11.8 Å². The van der Waals surface area contributed by atoms with Crippen LogP contribution in [-0.4, -0.2) is 37.8 Å². The fraction of sp³-hybridized carbons (Fsp3) is 0.333. The van der Waals surface area contributed by atoms with Crippen molar-refractivity contribution in [1.29, 1.82) is 0 Å². The van der Waals surface area contributed by atoms with Crippen molar-refractivity contribution < 1.29 is 18.0 Å². The summed E-state index contributed by atoms with van der Waals surface area (Å²) in [4.78, 5) is 23.5. The molecule has 2 rings (SSSR count). The van der Waals surface area contributed by atoms with Crippen LogP contribution in [0.4, 0.5) is 5.69 Å². The Kier molecular flexibility index (Phi) is 4.75. The zero-order chi connectivity index (χ0) is 15.6. The van der Waals surface area contributed by atoms with Gasteiger partial charge < -0.3 is 10.6 Å². The van der Waals surface area contributed by atoms with Crippen molar-refractivity contribution in [3.63, 3.8) is 0 Å². The molecule has 0 spiro atoms. The van der Waals surface area contributed by atoms with E-state index in [9.17, 15) is 18.0 Å². The Balaban J connectivity index is 1.97. The van der Waals surface area contributed by atoms with Gasteiger partial charge in [0.25, 0.3) is 0 Å². The average molecular weight is 351 g/mol. The highest BCUT2D eigenvalue weighted by Gasteiger charge is 2.30. The van der Waals surface area contributed by atoms with Crippen molar-refractivity contribution in [1.82, 2.24) is 5.32 Å². The van der Waals surface area contributed by atoms with Crippen LogP contribution >= 0.6 is 23.2 Å². The minimum atomic E-state index is -3.12. The fourth-order valence-corrected chi connectivity index (χ4v) is 3.96. The van der Waals surface area contributed by atoms with Crippen LogP contribution in [-0.2, 0) is 19.4 Å². The van der Waals surface area contributed by atoms with E-state index in [1.54, 1.807) is 12.1 Å². The molecule has 1 saturated heterocycles. The molecule has 0 aromatic heterocycles. The van der Waals surface area contributed by atoms with Gasteiger partial charge in [-0.15, -0.1) is 0 Å². The van der Waals surface area contributed by atoms with Crippen molar-refractivity contribution in [3.05, 3.63) is 28.2 Å². The SMILES string of the molecule is O=C(Nc1cccc(Cl)c1Cl)C(=O)NC1CCS(=O)(=O)C1. The largest absolute Gasteiger partial charge is 0.344 e. The zero-order valence-electron chi connectivity index (χ0n) is 10.7. The van der Waals surface area contributed by atoms with Gasteiger partial charge in [0.1, 0.15) is 0 Å². The lowest BCUT2D eigenvalue weighted by Gasteiger charge is -2.11. The molecule has 0 aliphatic carbocycles. The molecular formula is C12H12Cl2N2O4S. The summed E-state index contributed by atoms with van der Waals surface area (Å²) in [7, 11) is -3.12. The monoisotopic (exact) mass is 350 g/mol. The number of halogens is 2. The predicted octanol–water partition coefficient (Wildman–Crippen LogP) is 1.24. The second kappa shape index (κ2) is 6.21. The number of hydrogen-bond donors (Lipinski definition) is 2. The van der Waals surface area contributed by atoms with E-state index in [1.165, 1.54) is 6.07 Å². The summed E-state index contributed by atoms with van der Waals surface area (Å²) >= 11 is 11.7. The third-order valence-electron chi connectivity index (χ3n) is 2.97. The molecule has 1 unspecified atom stereocenters. The number of rotatable bonds is 2. The van der Waals surface area contributed by atoms with Gasteiger partial charge in [-0.05, 0) is 18.6 Å². The summed E-state index contributed by atoms with van der Waals surface area (Å²) in [5, 5.41) is 5.09. The smallest absolute Gasteiger partial charge is 0.313 e. The number of carbonyl (C=O) groups is 2. The maximum atomic E-state index is 11.8. The summed E-state index contributed by atoms with van der Waals surface area (Å²) in [5.74, 6) is -1.97. The first kappa shape index (κ1) is 16.1. The maximum Gasteiger partial charge on any atom is 0.313 e. The van der Waals surface area contributed by atoms with Crippen LogP contribution in [0.2, 0.25) is 10.0 Å². The fourth-order valence-electron chi connectivity index (χ4n) is 1.94. The van der Waals surface area contributed by atoms with Crippen LogP contribution in [0.1, 0.15) is 6.42 Å². The van der Waals surface area contributed by atoms with Gasteiger partial charge in [0.15, 0.2) is 9.84 Å². The highest BCUT2D eigenvalue weighted by Crippen LogP contribution is 2.29. The number of nitrogens with one attached hydrogen (secondary N) is 2. The van der Waals surface area contributed by atoms with Crippen LogP contribution in [0.25, 0.3) is 0 Å².